The van der Waals surface area contributed by atoms with Gasteiger partial charge in [-0.2, -0.15) is 0 Å². The Morgan fingerprint density at radius 2 is 0.821 bits per heavy atom. The summed E-state index contributed by atoms with van der Waals surface area (Å²) >= 11 is 1.78. The van der Waals surface area contributed by atoms with Crippen LogP contribution in [0.5, 0.6) is 0 Å². The Labute approximate surface area is 327 Å². The van der Waals surface area contributed by atoms with E-state index >= 15 is 0 Å². The molecule has 8 aromatic carbocycles. The Hall–Kier alpha value is -7.21. The molecule has 0 atom stereocenters. The summed E-state index contributed by atoms with van der Waals surface area (Å²) in [5, 5.41) is 4.97. The molecule has 11 aromatic rings. The first-order chi connectivity index (χ1) is 27.7. The van der Waals surface area contributed by atoms with Gasteiger partial charge in [0.05, 0.1) is 11.0 Å². The predicted molar refractivity (Wildman–Crippen MR) is 234 cm³/mol. The highest BCUT2D eigenvalue weighted by atomic mass is 32.1. The number of aromatic nitrogens is 4. The van der Waals surface area contributed by atoms with Crippen molar-refractivity contribution < 1.29 is 0 Å². The number of nitrogens with zero attached hydrogens (tertiary/aromatic N) is 4. The Kier molecular flexibility index (Phi) is 7.64. The molecule has 0 unspecified atom stereocenters. The van der Waals surface area contributed by atoms with Gasteiger partial charge in [-0.1, -0.05) is 158 Å². The van der Waals surface area contributed by atoms with Crippen LogP contribution in [0.15, 0.2) is 194 Å². The van der Waals surface area contributed by atoms with E-state index in [-0.39, 0.29) is 0 Å². The van der Waals surface area contributed by atoms with Gasteiger partial charge in [-0.3, -0.25) is 0 Å². The van der Waals surface area contributed by atoms with Crippen molar-refractivity contribution in [2.24, 2.45) is 0 Å². The number of benzene rings is 8. The second kappa shape index (κ2) is 13.3. The summed E-state index contributed by atoms with van der Waals surface area (Å²) in [7, 11) is 0. The summed E-state index contributed by atoms with van der Waals surface area (Å²) < 4.78 is 4.79. The number of hydrogen-bond acceptors (Lipinski definition) is 4. The van der Waals surface area contributed by atoms with Crippen LogP contribution in [0.25, 0.3) is 104 Å². The van der Waals surface area contributed by atoms with Gasteiger partial charge in [-0.15, -0.1) is 11.3 Å². The predicted octanol–water partition coefficient (Wildman–Crippen LogP) is 13.7. The third-order valence-corrected chi connectivity index (χ3v) is 11.9. The molecule has 0 saturated carbocycles. The lowest BCUT2D eigenvalue weighted by Gasteiger charge is -2.12. The monoisotopic (exact) mass is 732 g/mol. The third-order valence-electron chi connectivity index (χ3n) is 10.7. The van der Waals surface area contributed by atoms with E-state index in [0.717, 1.165) is 39.1 Å². The van der Waals surface area contributed by atoms with E-state index in [2.05, 4.69) is 193 Å². The first kappa shape index (κ1) is 32.2. The van der Waals surface area contributed by atoms with Crippen LogP contribution < -0.4 is 0 Å². The van der Waals surface area contributed by atoms with Crippen LogP contribution in [0, 0.1) is 0 Å². The molecule has 4 nitrogen and oxygen atoms in total. The Balaban J connectivity index is 1.01. The van der Waals surface area contributed by atoms with Crippen molar-refractivity contribution in [3.05, 3.63) is 194 Å². The number of hydrogen-bond donors (Lipinski definition) is 0. The second-order valence-corrected chi connectivity index (χ2v) is 15.1. The van der Waals surface area contributed by atoms with Crippen molar-refractivity contribution in [3.63, 3.8) is 0 Å². The summed E-state index contributed by atoms with van der Waals surface area (Å²) in [4.78, 5) is 15.4. The molecule has 0 radical (unpaired) electrons. The zero-order valence-electron chi connectivity index (χ0n) is 30.2. The van der Waals surface area contributed by atoms with Crippen molar-refractivity contribution >= 4 is 53.3 Å². The van der Waals surface area contributed by atoms with Gasteiger partial charge in [0.15, 0.2) is 17.5 Å². The second-order valence-electron chi connectivity index (χ2n) is 14.0. The molecule has 0 aliphatic heterocycles. The zero-order chi connectivity index (χ0) is 37.0. The number of para-hydroxylation sites is 2. The normalized spacial score (nSPS) is 11.6. The highest BCUT2D eigenvalue weighted by molar-refractivity contribution is 7.26. The molecule has 262 valence electrons. The molecule has 0 N–H and O–H groups in total. The van der Waals surface area contributed by atoms with Crippen molar-refractivity contribution in [2.75, 3.05) is 0 Å². The summed E-state index contributed by atoms with van der Waals surface area (Å²) in [6.07, 6.45) is 0. The third kappa shape index (κ3) is 5.48. The lowest BCUT2D eigenvalue weighted by molar-refractivity contribution is 1.08. The van der Waals surface area contributed by atoms with Crippen LogP contribution in [0.1, 0.15) is 0 Å². The average molecular weight is 733 g/mol. The van der Waals surface area contributed by atoms with E-state index < -0.39 is 0 Å². The highest BCUT2D eigenvalue weighted by Gasteiger charge is 2.17. The van der Waals surface area contributed by atoms with E-state index in [1.165, 1.54) is 47.5 Å². The van der Waals surface area contributed by atoms with E-state index in [0.29, 0.717) is 17.5 Å². The van der Waals surface area contributed by atoms with Crippen molar-refractivity contribution in [1.29, 1.82) is 0 Å². The molecule has 0 amide bonds. The van der Waals surface area contributed by atoms with Gasteiger partial charge in [0.1, 0.15) is 0 Å². The SMILES string of the molecule is c1ccc(-c2ccc(-c3nc(-c4ccc(-c5cccc(-n6c7ccccc7c7ccccc76)c5)cc4)nc(-c4cccc5c4sc4ccccc45)n3)cc2)cc1. The largest absolute Gasteiger partial charge is 0.309 e. The number of rotatable bonds is 6. The maximum atomic E-state index is 5.17. The fourth-order valence-electron chi connectivity index (χ4n) is 7.96. The molecule has 0 bridgehead atoms. The minimum atomic E-state index is 0.640. The van der Waals surface area contributed by atoms with E-state index in [1.807, 2.05) is 6.07 Å². The van der Waals surface area contributed by atoms with Gasteiger partial charge in [0, 0.05) is 53.3 Å². The van der Waals surface area contributed by atoms with Gasteiger partial charge in [0.25, 0.3) is 0 Å². The molecule has 3 heterocycles. The van der Waals surface area contributed by atoms with E-state index in [1.54, 1.807) is 11.3 Å². The quantitative estimate of drug-likeness (QED) is 0.171. The lowest BCUT2D eigenvalue weighted by Crippen LogP contribution is -2.00. The van der Waals surface area contributed by atoms with E-state index in [4.69, 9.17) is 15.0 Å². The topological polar surface area (TPSA) is 43.6 Å². The zero-order valence-corrected chi connectivity index (χ0v) is 31.0. The first-order valence-corrected chi connectivity index (χ1v) is 19.6. The van der Waals surface area contributed by atoms with Crippen LogP contribution in [-0.4, -0.2) is 19.5 Å². The fourth-order valence-corrected chi connectivity index (χ4v) is 9.17. The van der Waals surface area contributed by atoms with Crippen LogP contribution in [0.2, 0.25) is 0 Å². The van der Waals surface area contributed by atoms with Crippen LogP contribution in [0.3, 0.4) is 0 Å². The lowest BCUT2D eigenvalue weighted by atomic mass is 10.0. The first-order valence-electron chi connectivity index (χ1n) is 18.8. The molecule has 5 heteroatoms. The summed E-state index contributed by atoms with van der Waals surface area (Å²) in [5.41, 5.74) is 11.0. The number of fused-ring (bicyclic) bond motifs is 6. The molecule has 0 aliphatic rings. The smallest absolute Gasteiger partial charge is 0.165 e. The van der Waals surface area contributed by atoms with Crippen LogP contribution in [0.4, 0.5) is 0 Å². The average Bonchev–Trinajstić information content (AvgIpc) is 3.83. The maximum Gasteiger partial charge on any atom is 0.165 e. The number of thiophene rings is 1. The molecule has 11 rings (SSSR count). The van der Waals surface area contributed by atoms with Gasteiger partial charge >= 0.3 is 0 Å². The van der Waals surface area contributed by atoms with E-state index in [9.17, 15) is 0 Å². The van der Waals surface area contributed by atoms with Crippen molar-refractivity contribution in [2.45, 2.75) is 0 Å². The summed E-state index contributed by atoms with van der Waals surface area (Å²) in [5.74, 6) is 1.95. The molecule has 3 aromatic heterocycles. The van der Waals surface area contributed by atoms with Crippen LogP contribution in [-0.2, 0) is 0 Å². The molecular formula is C51H32N4S. The molecule has 56 heavy (non-hydrogen) atoms. The molecule has 0 spiro atoms. The molecule has 0 fully saturated rings. The fraction of sp³-hybridized carbons (Fsp3) is 0. The van der Waals surface area contributed by atoms with Crippen molar-refractivity contribution in [3.8, 4) is 62.1 Å². The van der Waals surface area contributed by atoms with Crippen LogP contribution >= 0.6 is 11.3 Å². The highest BCUT2D eigenvalue weighted by Crippen LogP contribution is 2.40. The van der Waals surface area contributed by atoms with Gasteiger partial charge in [0.2, 0.25) is 0 Å². The van der Waals surface area contributed by atoms with Gasteiger partial charge < -0.3 is 4.57 Å². The Morgan fingerprint density at radius 3 is 1.50 bits per heavy atom. The van der Waals surface area contributed by atoms with Gasteiger partial charge in [-0.05, 0) is 58.7 Å². The minimum Gasteiger partial charge on any atom is -0.309 e. The van der Waals surface area contributed by atoms with Crippen molar-refractivity contribution in [1.82, 2.24) is 19.5 Å². The Bertz CT molecular complexity index is 3180. The Morgan fingerprint density at radius 1 is 0.339 bits per heavy atom. The molecule has 0 aliphatic carbocycles. The summed E-state index contributed by atoms with van der Waals surface area (Å²) in [6.45, 7) is 0. The standard InChI is InChI=1S/C51H32N4S/c1-2-12-33(13-3-1)34-24-28-36(29-25-34)49-52-50(54-51(53-49)44-20-11-19-43-42-18-6-9-23-47(42)56-48(43)44)37-30-26-35(27-31-37)38-14-10-15-39(32-38)55-45-21-7-4-16-40(45)41-17-5-8-22-46(41)55/h1-32H. The molecule has 0 saturated heterocycles. The molecular weight excluding hydrogens is 701 g/mol. The van der Waals surface area contributed by atoms with Gasteiger partial charge in [-0.25, -0.2) is 15.0 Å². The summed E-state index contributed by atoms with van der Waals surface area (Å²) in [6, 6.07) is 68.6. The minimum absolute atomic E-state index is 0.640. The maximum absolute atomic E-state index is 5.17.